The number of pyridine rings is 1. The summed E-state index contributed by atoms with van der Waals surface area (Å²) in [6, 6.07) is 7.34. The number of hydrogen-bond acceptors (Lipinski definition) is 7. The van der Waals surface area contributed by atoms with Gasteiger partial charge < -0.3 is 4.90 Å². The molecule has 0 spiro atoms. The number of anilines is 1. The summed E-state index contributed by atoms with van der Waals surface area (Å²) in [5.74, 6) is -2.44. The van der Waals surface area contributed by atoms with E-state index in [4.69, 9.17) is 5.10 Å². The number of likely N-dealkylation sites (tertiary alicyclic amines) is 1. The van der Waals surface area contributed by atoms with Gasteiger partial charge in [-0.1, -0.05) is 6.42 Å². The Hall–Kier alpha value is -3.26. The quantitative estimate of drug-likeness (QED) is 0.396. The number of alkyl halides is 3. The van der Waals surface area contributed by atoms with Crippen LogP contribution in [-0.2, 0) is 10.0 Å². The van der Waals surface area contributed by atoms with Gasteiger partial charge >= 0.3 is 6.18 Å². The van der Waals surface area contributed by atoms with E-state index in [1.165, 1.54) is 12.1 Å². The summed E-state index contributed by atoms with van der Waals surface area (Å²) in [4.78, 5) is 21.7. The highest BCUT2D eigenvalue weighted by Gasteiger charge is 2.43. The number of carbonyl (C=O) groups is 1. The highest BCUT2D eigenvalue weighted by atomic mass is 32.2. The molecule has 14 heteroatoms. The average Bonchev–Trinajstić information content (AvgIpc) is 3.30. The normalized spacial score (nSPS) is 21.2. The molecule has 1 unspecified atom stereocenters. The van der Waals surface area contributed by atoms with E-state index < -0.39 is 33.8 Å². The number of aromatic nitrogens is 3. The molecule has 232 valence electrons. The second-order valence-electron chi connectivity index (χ2n) is 11.9. The van der Waals surface area contributed by atoms with E-state index in [0.29, 0.717) is 55.9 Å². The molecule has 3 aromatic rings. The maximum absolute atomic E-state index is 13.8. The number of nitrogens with zero attached hydrogens (tertiary/aromatic N) is 5. The van der Waals surface area contributed by atoms with E-state index in [1.807, 2.05) is 9.62 Å². The van der Waals surface area contributed by atoms with Crippen LogP contribution in [0.1, 0.15) is 67.0 Å². The molecule has 1 atom stereocenters. The molecular formula is C29H34F4N6O3S. The lowest BCUT2D eigenvalue weighted by Gasteiger charge is -2.43. The maximum Gasteiger partial charge on any atom is 0.393 e. The van der Waals surface area contributed by atoms with Gasteiger partial charge in [-0.25, -0.2) is 27.2 Å². The number of hydrogen-bond donors (Lipinski definition) is 1. The van der Waals surface area contributed by atoms with Crippen molar-refractivity contribution in [2.24, 2.45) is 5.92 Å². The van der Waals surface area contributed by atoms with Gasteiger partial charge in [-0.2, -0.15) is 18.3 Å². The standard InChI is InChI=1S/C29H34F4N6O3S/c1-43(41,42)36-28(40)23-16-24(37-14-11-21(12-15-37)38-13-3-6-19(17-38)29(31,32)33)25-26(18-4-2-5-18)35-39(27(25)34-23)22-9-7-20(30)8-10-22/h7-10,16,18-19,21H,2-6,11-15,17H2,1H3,(H,36,40). The van der Waals surface area contributed by atoms with Crippen molar-refractivity contribution in [3.63, 3.8) is 0 Å². The molecule has 3 aliphatic rings. The van der Waals surface area contributed by atoms with Crippen LogP contribution in [0.25, 0.3) is 16.7 Å². The van der Waals surface area contributed by atoms with Crippen LogP contribution in [0.3, 0.4) is 0 Å². The topological polar surface area (TPSA) is 100 Å². The Morgan fingerprint density at radius 2 is 1.70 bits per heavy atom. The molecule has 2 aromatic heterocycles. The van der Waals surface area contributed by atoms with Crippen molar-refractivity contribution < 1.29 is 30.8 Å². The Morgan fingerprint density at radius 3 is 2.30 bits per heavy atom. The Kier molecular flexibility index (Phi) is 7.86. The summed E-state index contributed by atoms with van der Waals surface area (Å²) in [5.41, 5.74) is 2.29. The van der Waals surface area contributed by atoms with Crippen molar-refractivity contribution in [2.75, 3.05) is 37.3 Å². The fourth-order valence-electron chi connectivity index (χ4n) is 6.52. The first-order valence-corrected chi connectivity index (χ1v) is 16.5. The minimum atomic E-state index is -4.20. The number of benzene rings is 1. The SMILES string of the molecule is CS(=O)(=O)NC(=O)c1cc(N2CCC(N3CCCC(C(F)(F)F)C3)CC2)c2c(C3CCC3)nn(-c3ccc(F)cc3)c2n1. The molecular weight excluding hydrogens is 588 g/mol. The summed E-state index contributed by atoms with van der Waals surface area (Å²) in [5, 5.41) is 5.65. The van der Waals surface area contributed by atoms with Crippen LogP contribution < -0.4 is 9.62 Å². The fraction of sp³-hybridized carbons (Fsp3) is 0.552. The number of amides is 1. The second-order valence-corrected chi connectivity index (χ2v) is 13.7. The third kappa shape index (κ3) is 6.21. The van der Waals surface area contributed by atoms with Crippen LogP contribution in [0.2, 0.25) is 0 Å². The zero-order valence-corrected chi connectivity index (χ0v) is 24.6. The van der Waals surface area contributed by atoms with E-state index in [9.17, 15) is 30.8 Å². The molecule has 1 aromatic carbocycles. The first-order chi connectivity index (χ1) is 20.4. The number of rotatable bonds is 6. The Bertz CT molecular complexity index is 1610. The Balaban J connectivity index is 1.38. The molecule has 0 radical (unpaired) electrons. The minimum absolute atomic E-state index is 0.0136. The molecule has 2 aliphatic heterocycles. The second kappa shape index (κ2) is 11.3. The molecule has 43 heavy (non-hydrogen) atoms. The van der Waals surface area contributed by atoms with Crippen molar-refractivity contribution in [2.45, 2.75) is 63.1 Å². The smallest absolute Gasteiger partial charge is 0.371 e. The molecule has 2 saturated heterocycles. The number of halogens is 4. The number of sulfonamides is 1. The number of carbonyl (C=O) groups excluding carboxylic acids is 1. The van der Waals surface area contributed by atoms with E-state index in [-0.39, 0.29) is 30.6 Å². The number of nitrogens with one attached hydrogen (secondary N) is 1. The van der Waals surface area contributed by atoms with Gasteiger partial charge in [0.2, 0.25) is 10.0 Å². The van der Waals surface area contributed by atoms with Crippen molar-refractivity contribution in [3.05, 3.63) is 47.5 Å². The maximum atomic E-state index is 13.8. The molecule has 1 aliphatic carbocycles. The van der Waals surface area contributed by atoms with Crippen molar-refractivity contribution >= 4 is 32.7 Å². The summed E-state index contributed by atoms with van der Waals surface area (Å²) in [7, 11) is -3.87. The van der Waals surface area contributed by atoms with Crippen LogP contribution in [0.4, 0.5) is 23.2 Å². The predicted octanol–water partition coefficient (Wildman–Crippen LogP) is 4.76. The van der Waals surface area contributed by atoms with Gasteiger partial charge in [0.25, 0.3) is 5.91 Å². The van der Waals surface area contributed by atoms with Gasteiger partial charge in [-0.05, 0) is 75.4 Å². The van der Waals surface area contributed by atoms with Crippen LogP contribution in [-0.4, -0.2) is 78.6 Å². The number of fused-ring (bicyclic) bond motifs is 1. The van der Waals surface area contributed by atoms with E-state index in [1.54, 1.807) is 22.9 Å². The number of piperidine rings is 2. The van der Waals surface area contributed by atoms with Crippen molar-refractivity contribution in [1.29, 1.82) is 0 Å². The summed E-state index contributed by atoms with van der Waals surface area (Å²) >= 11 is 0. The van der Waals surface area contributed by atoms with E-state index in [2.05, 4.69) is 9.88 Å². The lowest BCUT2D eigenvalue weighted by Crippen LogP contribution is -2.50. The third-order valence-electron chi connectivity index (χ3n) is 8.96. The lowest BCUT2D eigenvalue weighted by atomic mass is 9.82. The molecule has 3 fully saturated rings. The predicted molar refractivity (Wildman–Crippen MR) is 153 cm³/mol. The molecule has 4 heterocycles. The highest BCUT2D eigenvalue weighted by Crippen LogP contribution is 2.43. The van der Waals surface area contributed by atoms with E-state index >= 15 is 0 Å². The van der Waals surface area contributed by atoms with Crippen LogP contribution >= 0.6 is 0 Å². The molecule has 6 rings (SSSR count). The van der Waals surface area contributed by atoms with Gasteiger partial charge in [0.05, 0.1) is 34.6 Å². The van der Waals surface area contributed by atoms with E-state index in [0.717, 1.165) is 36.6 Å². The molecule has 1 N–H and O–H groups in total. The van der Waals surface area contributed by atoms with Crippen LogP contribution in [0, 0.1) is 11.7 Å². The van der Waals surface area contributed by atoms with Gasteiger partial charge in [0.15, 0.2) is 5.65 Å². The molecule has 0 bridgehead atoms. The Morgan fingerprint density at radius 1 is 1.00 bits per heavy atom. The average molecular weight is 623 g/mol. The lowest BCUT2D eigenvalue weighted by molar-refractivity contribution is -0.188. The van der Waals surface area contributed by atoms with Crippen LogP contribution in [0.15, 0.2) is 30.3 Å². The minimum Gasteiger partial charge on any atom is -0.371 e. The first kappa shape index (κ1) is 29.8. The fourth-order valence-corrected chi connectivity index (χ4v) is 6.96. The molecule has 9 nitrogen and oxygen atoms in total. The van der Waals surface area contributed by atoms with Gasteiger partial charge in [-0.15, -0.1) is 0 Å². The molecule has 1 saturated carbocycles. The molecule has 1 amide bonds. The highest BCUT2D eigenvalue weighted by molar-refractivity contribution is 7.89. The van der Waals surface area contributed by atoms with Gasteiger partial charge in [0, 0.05) is 31.6 Å². The van der Waals surface area contributed by atoms with Crippen LogP contribution in [0.5, 0.6) is 0 Å². The Labute approximate surface area is 247 Å². The monoisotopic (exact) mass is 622 g/mol. The van der Waals surface area contributed by atoms with Crippen molar-refractivity contribution in [3.8, 4) is 5.69 Å². The van der Waals surface area contributed by atoms with Gasteiger partial charge in [-0.3, -0.25) is 9.69 Å². The first-order valence-electron chi connectivity index (χ1n) is 14.6. The zero-order chi connectivity index (χ0) is 30.5. The largest absolute Gasteiger partial charge is 0.393 e. The summed E-state index contributed by atoms with van der Waals surface area (Å²) in [6.07, 6.45) is 1.56. The summed E-state index contributed by atoms with van der Waals surface area (Å²) < 4.78 is 81.5. The third-order valence-corrected chi connectivity index (χ3v) is 9.51. The zero-order valence-electron chi connectivity index (χ0n) is 23.8. The summed E-state index contributed by atoms with van der Waals surface area (Å²) in [6.45, 7) is 1.73. The van der Waals surface area contributed by atoms with Crippen molar-refractivity contribution in [1.82, 2.24) is 24.4 Å². The van der Waals surface area contributed by atoms with Gasteiger partial charge in [0.1, 0.15) is 11.5 Å².